The number of amides is 3. The quantitative estimate of drug-likeness (QED) is 0.277. The third-order valence-electron chi connectivity index (χ3n) is 6.81. The summed E-state index contributed by atoms with van der Waals surface area (Å²) >= 11 is 0. The largest absolute Gasteiger partial charge is 0.490 e. The highest BCUT2D eigenvalue weighted by Gasteiger charge is 2.30. The molecule has 2 aliphatic heterocycles. The van der Waals surface area contributed by atoms with E-state index in [0.29, 0.717) is 50.4 Å². The van der Waals surface area contributed by atoms with Gasteiger partial charge in [-0.15, -0.1) is 0 Å². The lowest BCUT2D eigenvalue weighted by Gasteiger charge is -2.32. The number of nitrogens with zero attached hydrogens (tertiary/aromatic N) is 1. The molecule has 1 aromatic carbocycles. The van der Waals surface area contributed by atoms with E-state index in [1.165, 1.54) is 11.0 Å². The van der Waals surface area contributed by atoms with Crippen molar-refractivity contribution in [2.24, 2.45) is 11.8 Å². The first-order chi connectivity index (χ1) is 16.8. The molecule has 35 heavy (non-hydrogen) atoms. The highest BCUT2D eigenvalue weighted by molar-refractivity contribution is 7.89. The first-order valence-electron chi connectivity index (χ1n) is 12.5. The number of imide groups is 1. The molecule has 3 aliphatic rings. The first kappa shape index (κ1) is 25.8. The van der Waals surface area contributed by atoms with Gasteiger partial charge in [0.15, 0.2) is 11.6 Å². The highest BCUT2D eigenvalue weighted by Crippen LogP contribution is 2.33. The Morgan fingerprint density at radius 3 is 2.69 bits per heavy atom. The third-order valence-corrected chi connectivity index (χ3v) is 8.25. The van der Waals surface area contributed by atoms with Crippen LogP contribution in [0.2, 0.25) is 0 Å². The number of rotatable bonds is 13. The van der Waals surface area contributed by atoms with Crippen LogP contribution in [0, 0.1) is 17.7 Å². The number of unbranched alkanes of at least 4 members (excludes halogenated alkanes) is 2. The van der Waals surface area contributed by atoms with Crippen LogP contribution in [-0.2, 0) is 14.8 Å². The molecule has 4 rings (SSSR count). The summed E-state index contributed by atoms with van der Waals surface area (Å²) in [5.41, 5.74) is 0.708. The van der Waals surface area contributed by atoms with Crippen molar-refractivity contribution < 1.29 is 27.1 Å². The molecule has 0 radical (unpaired) electrons. The Kier molecular flexibility index (Phi) is 8.61. The van der Waals surface area contributed by atoms with E-state index in [1.54, 1.807) is 12.1 Å². The van der Waals surface area contributed by atoms with Gasteiger partial charge in [0.1, 0.15) is 6.54 Å². The number of sulfonamides is 1. The van der Waals surface area contributed by atoms with Crippen LogP contribution in [0.15, 0.2) is 18.2 Å². The molecule has 1 aromatic rings. The average molecular weight is 511 g/mol. The second kappa shape index (κ2) is 11.7. The number of carbonyl (C=O) groups is 2. The molecule has 0 aromatic heterocycles. The molecule has 2 unspecified atom stereocenters. The summed E-state index contributed by atoms with van der Waals surface area (Å²) in [5, 5.41) is 5.57. The summed E-state index contributed by atoms with van der Waals surface area (Å²) in [6.07, 6.45) is 5.68. The predicted octanol–water partition coefficient (Wildman–Crippen LogP) is 2.30. The van der Waals surface area contributed by atoms with E-state index in [0.717, 1.165) is 32.2 Å². The molecule has 3 fully saturated rings. The van der Waals surface area contributed by atoms with Gasteiger partial charge in [-0.1, -0.05) is 12.5 Å². The number of halogens is 1. The minimum Gasteiger partial charge on any atom is -0.490 e. The molecule has 3 amide bonds. The summed E-state index contributed by atoms with van der Waals surface area (Å²) in [6, 6.07) is 3.77. The molecule has 1 aliphatic carbocycles. The minimum absolute atomic E-state index is 0.0407. The van der Waals surface area contributed by atoms with E-state index in [-0.39, 0.29) is 29.9 Å². The van der Waals surface area contributed by atoms with E-state index >= 15 is 0 Å². The van der Waals surface area contributed by atoms with Crippen LogP contribution in [0.25, 0.3) is 0 Å². The van der Waals surface area contributed by atoms with Crippen molar-refractivity contribution in [3.8, 4) is 5.75 Å². The van der Waals surface area contributed by atoms with Crippen molar-refractivity contribution in [1.29, 1.82) is 0 Å². The van der Waals surface area contributed by atoms with E-state index in [2.05, 4.69) is 15.4 Å². The average Bonchev–Trinajstić information content (AvgIpc) is 3.60. The Bertz CT molecular complexity index is 1010. The van der Waals surface area contributed by atoms with Crippen molar-refractivity contribution >= 4 is 22.0 Å². The smallest absolute Gasteiger partial charge is 0.324 e. The van der Waals surface area contributed by atoms with E-state index in [9.17, 15) is 22.4 Å². The Morgan fingerprint density at radius 1 is 1.17 bits per heavy atom. The molecule has 2 heterocycles. The number of hydrogen-bond acceptors (Lipinski definition) is 6. The number of piperidine rings is 1. The Balaban J connectivity index is 1.35. The molecule has 0 spiro atoms. The van der Waals surface area contributed by atoms with Crippen LogP contribution >= 0.6 is 0 Å². The lowest BCUT2D eigenvalue weighted by Crippen LogP contribution is -2.41. The molecular weight excluding hydrogens is 475 g/mol. The summed E-state index contributed by atoms with van der Waals surface area (Å²) in [7, 11) is -3.60. The number of urea groups is 1. The van der Waals surface area contributed by atoms with Crippen LogP contribution in [0.3, 0.4) is 0 Å². The van der Waals surface area contributed by atoms with Gasteiger partial charge in [-0.3, -0.25) is 10.1 Å². The SMILES string of the molecule is O=C1CN(CCCCCS(=O)(=O)NC(c2ccc(F)c(OCC3CC3)c2)C2CCCNC2)C(=O)N1. The van der Waals surface area contributed by atoms with Gasteiger partial charge >= 0.3 is 6.03 Å². The predicted molar refractivity (Wildman–Crippen MR) is 129 cm³/mol. The van der Waals surface area contributed by atoms with Gasteiger partial charge in [0.25, 0.3) is 0 Å². The molecule has 0 bridgehead atoms. The van der Waals surface area contributed by atoms with E-state index in [4.69, 9.17) is 4.74 Å². The number of ether oxygens (including phenoxy) is 1. The zero-order chi connectivity index (χ0) is 24.8. The normalized spacial score (nSPS) is 21.7. The van der Waals surface area contributed by atoms with Gasteiger partial charge < -0.3 is 15.0 Å². The second-order valence-electron chi connectivity index (χ2n) is 9.80. The van der Waals surface area contributed by atoms with Gasteiger partial charge in [-0.2, -0.15) is 0 Å². The van der Waals surface area contributed by atoms with Crippen molar-refractivity contribution in [2.45, 2.75) is 51.0 Å². The third kappa shape index (κ3) is 7.62. The van der Waals surface area contributed by atoms with Gasteiger partial charge in [-0.25, -0.2) is 22.3 Å². The highest BCUT2D eigenvalue weighted by atomic mass is 32.2. The van der Waals surface area contributed by atoms with Crippen molar-refractivity contribution in [2.75, 3.05) is 38.5 Å². The van der Waals surface area contributed by atoms with Crippen LogP contribution in [0.5, 0.6) is 5.75 Å². The minimum atomic E-state index is -3.60. The second-order valence-corrected chi connectivity index (χ2v) is 11.7. The van der Waals surface area contributed by atoms with Crippen molar-refractivity contribution in [3.63, 3.8) is 0 Å². The molecule has 3 N–H and O–H groups in total. The van der Waals surface area contributed by atoms with Gasteiger partial charge in [-0.05, 0) is 81.1 Å². The standard InChI is InChI=1S/C24H35FN4O5S/c25-20-9-8-18(13-21(20)34-16-17-6-7-17)23(19-5-4-10-26-14-19)28-35(32,33)12-3-1-2-11-29-15-22(30)27-24(29)31/h8-9,13,17,19,23,26,28H,1-7,10-12,14-16H2,(H,27,30,31). The fourth-order valence-corrected chi connectivity index (χ4v) is 6.02. The topological polar surface area (TPSA) is 117 Å². The zero-order valence-corrected chi connectivity index (χ0v) is 20.7. The number of carbonyl (C=O) groups excluding carboxylic acids is 2. The maximum Gasteiger partial charge on any atom is 0.324 e. The summed E-state index contributed by atoms with van der Waals surface area (Å²) in [6.45, 7) is 2.53. The lowest BCUT2D eigenvalue weighted by molar-refractivity contribution is -0.118. The fraction of sp³-hybridized carbons (Fsp3) is 0.667. The molecule has 1 saturated carbocycles. The van der Waals surface area contributed by atoms with Gasteiger partial charge in [0.05, 0.1) is 18.4 Å². The van der Waals surface area contributed by atoms with E-state index in [1.807, 2.05) is 0 Å². The fourth-order valence-electron chi connectivity index (χ4n) is 4.60. The molecule has 2 atom stereocenters. The zero-order valence-electron chi connectivity index (χ0n) is 19.9. The van der Waals surface area contributed by atoms with Crippen molar-refractivity contribution in [3.05, 3.63) is 29.6 Å². The monoisotopic (exact) mass is 510 g/mol. The van der Waals surface area contributed by atoms with Crippen LogP contribution in [-0.4, -0.2) is 63.8 Å². The molecule has 9 nitrogen and oxygen atoms in total. The van der Waals surface area contributed by atoms with Crippen LogP contribution in [0.4, 0.5) is 9.18 Å². The van der Waals surface area contributed by atoms with Gasteiger partial charge in [0, 0.05) is 6.54 Å². The Hall–Kier alpha value is -2.24. The molecule has 194 valence electrons. The number of nitrogens with one attached hydrogen (secondary N) is 3. The van der Waals surface area contributed by atoms with Gasteiger partial charge in [0.2, 0.25) is 15.9 Å². The number of benzene rings is 1. The van der Waals surface area contributed by atoms with E-state index < -0.39 is 27.9 Å². The van der Waals surface area contributed by atoms with Crippen LogP contribution < -0.4 is 20.1 Å². The Morgan fingerprint density at radius 2 is 2.00 bits per heavy atom. The van der Waals surface area contributed by atoms with Crippen molar-refractivity contribution in [1.82, 2.24) is 20.3 Å². The molecule has 2 saturated heterocycles. The first-order valence-corrected chi connectivity index (χ1v) is 14.2. The summed E-state index contributed by atoms with van der Waals surface area (Å²) < 4.78 is 48.9. The van der Waals surface area contributed by atoms with Crippen LogP contribution in [0.1, 0.15) is 56.6 Å². The maximum absolute atomic E-state index is 14.4. The summed E-state index contributed by atoms with van der Waals surface area (Å²) in [4.78, 5) is 24.3. The molecule has 11 heteroatoms. The number of hydrogen-bond donors (Lipinski definition) is 3. The summed E-state index contributed by atoms with van der Waals surface area (Å²) in [5.74, 6) is -0.0901. The lowest BCUT2D eigenvalue weighted by atomic mass is 9.88. The Labute approximate surface area is 206 Å². The molecular formula is C24H35FN4O5S. The maximum atomic E-state index is 14.4.